The number of esters is 1. The number of aliphatic hydroxyl groups excluding tert-OH is 2. The Morgan fingerprint density at radius 1 is 1.30 bits per heavy atom. The van der Waals surface area contributed by atoms with Crippen LogP contribution in [0.25, 0.3) is 0 Å². The Morgan fingerprint density at radius 2 is 2.00 bits per heavy atom. The van der Waals surface area contributed by atoms with Gasteiger partial charge in [0, 0.05) is 6.54 Å². The van der Waals surface area contributed by atoms with E-state index in [0.29, 0.717) is 19.4 Å². The van der Waals surface area contributed by atoms with Crippen molar-refractivity contribution in [3.8, 4) is 0 Å². The lowest BCUT2D eigenvalue weighted by molar-refractivity contribution is -0.158. The smallest absolute Gasteiger partial charge is 0.410 e. The summed E-state index contributed by atoms with van der Waals surface area (Å²) in [6.45, 7) is 0.530. The third-order valence-electron chi connectivity index (χ3n) is 3.90. The maximum atomic E-state index is 12.2. The minimum Gasteiger partial charge on any atom is -0.467 e. The first-order chi connectivity index (χ1) is 11.0. The van der Waals surface area contributed by atoms with Crippen molar-refractivity contribution in [2.75, 3.05) is 13.7 Å². The highest BCUT2D eigenvalue weighted by Gasteiger charge is 2.40. The van der Waals surface area contributed by atoms with E-state index in [2.05, 4.69) is 4.74 Å². The van der Waals surface area contributed by atoms with E-state index in [1.807, 2.05) is 30.3 Å². The van der Waals surface area contributed by atoms with Gasteiger partial charge in [-0.05, 0) is 18.4 Å². The van der Waals surface area contributed by atoms with Crippen LogP contribution < -0.4 is 0 Å². The molecule has 2 rings (SSSR count). The number of carbonyl (C=O) groups excluding carboxylic acids is 2. The maximum Gasteiger partial charge on any atom is 0.410 e. The van der Waals surface area contributed by atoms with Gasteiger partial charge in [0.1, 0.15) is 12.7 Å². The molecule has 7 nitrogen and oxygen atoms in total. The van der Waals surface area contributed by atoms with Crippen molar-refractivity contribution in [1.82, 2.24) is 4.90 Å². The topological polar surface area (TPSA) is 96.3 Å². The van der Waals surface area contributed by atoms with E-state index < -0.39 is 30.3 Å². The molecular formula is C16H21NO6. The summed E-state index contributed by atoms with van der Waals surface area (Å²) in [4.78, 5) is 24.9. The Kier molecular flexibility index (Phi) is 5.95. The summed E-state index contributed by atoms with van der Waals surface area (Å²) in [6.07, 6.45) is -2.53. The minimum atomic E-state index is -1.69. The lowest BCUT2D eigenvalue weighted by Gasteiger charge is -2.29. The van der Waals surface area contributed by atoms with Gasteiger partial charge in [-0.1, -0.05) is 30.3 Å². The molecule has 3 atom stereocenters. The molecule has 0 aromatic heterocycles. The standard InChI is InChI=1S/C16H21NO6/c1-22-15(20)14(19)13(18)12-8-5-9-17(12)16(21)23-10-11-6-3-2-4-7-11/h2-4,6-7,12-14,18-19H,5,8-10H2,1H3/t12-,13-,14+/m0/s1. The van der Waals surface area contributed by atoms with Crippen molar-refractivity contribution in [3.63, 3.8) is 0 Å². The first kappa shape index (κ1) is 17.2. The molecule has 1 aromatic carbocycles. The molecule has 0 unspecified atom stereocenters. The number of aliphatic hydroxyl groups is 2. The predicted molar refractivity (Wildman–Crippen MR) is 80.4 cm³/mol. The lowest BCUT2D eigenvalue weighted by atomic mass is 10.0. The molecule has 1 aromatic rings. The molecule has 0 spiro atoms. The molecule has 1 heterocycles. The average Bonchev–Trinajstić information content (AvgIpc) is 3.08. The van der Waals surface area contributed by atoms with Crippen LogP contribution in [0.3, 0.4) is 0 Å². The fourth-order valence-electron chi connectivity index (χ4n) is 2.65. The number of nitrogens with zero attached hydrogens (tertiary/aromatic N) is 1. The number of amides is 1. The second-order valence-electron chi connectivity index (χ2n) is 5.40. The van der Waals surface area contributed by atoms with Crippen LogP contribution in [-0.4, -0.2) is 59.1 Å². The van der Waals surface area contributed by atoms with Crippen LogP contribution in [0.5, 0.6) is 0 Å². The highest BCUT2D eigenvalue weighted by Crippen LogP contribution is 2.23. The lowest BCUT2D eigenvalue weighted by Crippen LogP contribution is -2.50. The van der Waals surface area contributed by atoms with Gasteiger partial charge in [-0.3, -0.25) is 0 Å². The predicted octanol–water partition coefficient (Wildman–Crippen LogP) is 0.682. The fraction of sp³-hybridized carbons (Fsp3) is 0.500. The molecule has 1 saturated heterocycles. The summed E-state index contributed by atoms with van der Waals surface area (Å²) in [5.41, 5.74) is 0.853. The van der Waals surface area contributed by atoms with Gasteiger partial charge in [0.25, 0.3) is 0 Å². The molecule has 0 aliphatic carbocycles. The molecule has 0 saturated carbocycles. The average molecular weight is 323 g/mol. The van der Waals surface area contributed by atoms with Crippen molar-refractivity contribution >= 4 is 12.1 Å². The molecule has 7 heteroatoms. The highest BCUT2D eigenvalue weighted by atomic mass is 16.6. The van der Waals surface area contributed by atoms with E-state index in [-0.39, 0.29) is 6.61 Å². The summed E-state index contributed by atoms with van der Waals surface area (Å²) >= 11 is 0. The number of hydrogen-bond acceptors (Lipinski definition) is 6. The Hall–Kier alpha value is -2.12. The molecule has 126 valence electrons. The van der Waals surface area contributed by atoms with Crippen molar-refractivity contribution in [3.05, 3.63) is 35.9 Å². The third kappa shape index (κ3) is 4.20. The zero-order valence-corrected chi connectivity index (χ0v) is 12.9. The number of benzene rings is 1. The zero-order valence-electron chi connectivity index (χ0n) is 12.9. The van der Waals surface area contributed by atoms with Crippen molar-refractivity contribution in [2.45, 2.75) is 37.7 Å². The summed E-state index contributed by atoms with van der Waals surface area (Å²) in [7, 11) is 1.12. The van der Waals surface area contributed by atoms with Crippen LogP contribution in [-0.2, 0) is 20.9 Å². The van der Waals surface area contributed by atoms with Gasteiger partial charge in [0.05, 0.1) is 13.2 Å². The van der Waals surface area contributed by atoms with E-state index in [1.54, 1.807) is 0 Å². The van der Waals surface area contributed by atoms with Crippen molar-refractivity contribution in [2.24, 2.45) is 0 Å². The minimum absolute atomic E-state index is 0.124. The number of rotatable bonds is 5. The van der Waals surface area contributed by atoms with E-state index in [1.165, 1.54) is 4.90 Å². The first-order valence-corrected chi connectivity index (χ1v) is 7.46. The SMILES string of the molecule is COC(=O)[C@H](O)[C@@H](O)[C@@H]1CCCN1C(=O)OCc1ccccc1. The van der Waals surface area contributed by atoms with Crippen LogP contribution in [0, 0.1) is 0 Å². The number of carbonyl (C=O) groups is 2. The van der Waals surface area contributed by atoms with Crippen LogP contribution in [0.2, 0.25) is 0 Å². The molecule has 2 N–H and O–H groups in total. The number of methoxy groups -OCH3 is 1. The summed E-state index contributed by atoms with van der Waals surface area (Å²) in [5.74, 6) is -0.929. The van der Waals surface area contributed by atoms with Gasteiger partial charge in [0.15, 0.2) is 6.10 Å². The molecule has 0 bridgehead atoms. The Bertz CT molecular complexity index is 535. The highest BCUT2D eigenvalue weighted by molar-refractivity contribution is 5.75. The van der Waals surface area contributed by atoms with Crippen molar-refractivity contribution in [1.29, 1.82) is 0 Å². The van der Waals surface area contributed by atoms with Gasteiger partial charge >= 0.3 is 12.1 Å². The van der Waals surface area contributed by atoms with Crippen LogP contribution in [0.15, 0.2) is 30.3 Å². The normalized spacial score (nSPS) is 20.0. The first-order valence-electron chi connectivity index (χ1n) is 7.46. The molecule has 1 fully saturated rings. The van der Waals surface area contributed by atoms with Crippen molar-refractivity contribution < 1.29 is 29.3 Å². The Labute approximate surface area is 134 Å². The maximum absolute atomic E-state index is 12.2. The summed E-state index contributed by atoms with van der Waals surface area (Å²) in [5, 5.41) is 19.9. The molecule has 1 aliphatic heterocycles. The zero-order chi connectivity index (χ0) is 16.8. The Balaban J connectivity index is 1.95. The van der Waals surface area contributed by atoms with Gasteiger partial charge in [0.2, 0.25) is 0 Å². The van der Waals surface area contributed by atoms with Crippen LogP contribution >= 0.6 is 0 Å². The molecule has 1 amide bonds. The molecule has 0 radical (unpaired) electrons. The largest absolute Gasteiger partial charge is 0.467 e. The van der Waals surface area contributed by atoms with Crippen LogP contribution in [0.1, 0.15) is 18.4 Å². The summed E-state index contributed by atoms with van der Waals surface area (Å²) in [6, 6.07) is 8.56. The van der Waals surface area contributed by atoms with Gasteiger partial charge < -0.3 is 24.6 Å². The van der Waals surface area contributed by atoms with Gasteiger partial charge in [-0.15, -0.1) is 0 Å². The fourth-order valence-corrected chi connectivity index (χ4v) is 2.65. The van der Waals surface area contributed by atoms with E-state index in [4.69, 9.17) is 4.74 Å². The Morgan fingerprint density at radius 3 is 2.65 bits per heavy atom. The number of hydrogen-bond donors (Lipinski definition) is 2. The van der Waals surface area contributed by atoms with Crippen LogP contribution in [0.4, 0.5) is 4.79 Å². The monoisotopic (exact) mass is 323 g/mol. The second kappa shape index (κ2) is 7.94. The molecule has 23 heavy (non-hydrogen) atoms. The number of ether oxygens (including phenoxy) is 2. The van der Waals surface area contributed by atoms with E-state index >= 15 is 0 Å². The van der Waals surface area contributed by atoms with Gasteiger partial charge in [-0.25, -0.2) is 9.59 Å². The molecular weight excluding hydrogens is 302 g/mol. The van der Waals surface area contributed by atoms with E-state index in [9.17, 15) is 19.8 Å². The summed E-state index contributed by atoms with van der Waals surface area (Å²) < 4.78 is 9.65. The molecule has 1 aliphatic rings. The van der Waals surface area contributed by atoms with Gasteiger partial charge in [-0.2, -0.15) is 0 Å². The number of likely N-dealkylation sites (tertiary alicyclic amines) is 1. The third-order valence-corrected chi connectivity index (χ3v) is 3.90. The quantitative estimate of drug-likeness (QED) is 0.774. The second-order valence-corrected chi connectivity index (χ2v) is 5.40. The van der Waals surface area contributed by atoms with E-state index in [0.717, 1.165) is 12.7 Å².